The normalized spacial score (nSPS) is 12.4. The molecule has 0 saturated carbocycles. The second-order valence-corrected chi connectivity index (χ2v) is 8.04. The fourth-order valence-corrected chi connectivity index (χ4v) is 3.14. The van der Waals surface area contributed by atoms with Crippen LogP contribution in [0.2, 0.25) is 0 Å². The van der Waals surface area contributed by atoms with E-state index in [4.69, 9.17) is 10.2 Å². The second-order valence-electron chi connectivity index (χ2n) is 8.04. The van der Waals surface area contributed by atoms with E-state index in [9.17, 15) is 0 Å². The van der Waals surface area contributed by atoms with Gasteiger partial charge >= 0.3 is 0 Å². The predicted molar refractivity (Wildman–Crippen MR) is 113 cm³/mol. The minimum atomic E-state index is -0.0172. The molecular formula is C22H34N4O. The van der Waals surface area contributed by atoms with E-state index in [1.165, 1.54) is 18.5 Å². The summed E-state index contributed by atoms with van der Waals surface area (Å²) < 4.78 is 2.21. The molecule has 0 fully saturated rings. The highest BCUT2D eigenvalue weighted by atomic mass is 16.5. The molecule has 0 aliphatic rings. The molecule has 0 aliphatic heterocycles. The van der Waals surface area contributed by atoms with Crippen LogP contribution in [0, 0.1) is 0 Å². The van der Waals surface area contributed by atoms with Gasteiger partial charge in [-0.15, -0.1) is 0 Å². The molecule has 148 valence electrons. The number of nitrogens with one attached hydrogen (secondary N) is 1. The predicted octanol–water partition coefficient (Wildman–Crippen LogP) is 4.76. The van der Waals surface area contributed by atoms with Crippen molar-refractivity contribution in [3.8, 4) is 0 Å². The van der Waals surface area contributed by atoms with Gasteiger partial charge in [0.15, 0.2) is 0 Å². The topological polar surface area (TPSA) is 52.8 Å². The Morgan fingerprint density at radius 2 is 2.11 bits per heavy atom. The first-order chi connectivity index (χ1) is 12.8. The molecule has 0 spiro atoms. The molecule has 0 amide bonds. The highest BCUT2D eigenvalue weighted by Crippen LogP contribution is 2.28. The summed E-state index contributed by atoms with van der Waals surface area (Å²) in [5.41, 5.74) is 6.87. The first-order valence-corrected chi connectivity index (χ1v) is 9.81. The minimum Gasteiger partial charge on any atom is -0.302 e. The van der Waals surface area contributed by atoms with Crippen LogP contribution in [-0.2, 0) is 12.0 Å². The van der Waals surface area contributed by atoms with Gasteiger partial charge in [-0.1, -0.05) is 53.7 Å². The molecule has 0 aromatic carbocycles. The molecule has 0 unspecified atom stereocenters. The number of hydroxylamine groups is 1. The Bertz CT molecular complexity index is 798. The minimum absolute atomic E-state index is 0.0172. The summed E-state index contributed by atoms with van der Waals surface area (Å²) >= 11 is 0. The van der Waals surface area contributed by atoms with Crippen LogP contribution in [0.4, 0.5) is 0 Å². The third-order valence-electron chi connectivity index (χ3n) is 4.73. The SMILES string of the molecule is C=C(/C=C/c1ccn2c(CN(CC)CCCC)c(C(C)(C)C)nc2c1)NO. The van der Waals surface area contributed by atoms with Crippen molar-refractivity contribution in [3.63, 3.8) is 0 Å². The molecule has 2 aromatic heterocycles. The zero-order chi connectivity index (χ0) is 20.0. The third-order valence-corrected chi connectivity index (χ3v) is 4.73. The van der Waals surface area contributed by atoms with E-state index in [-0.39, 0.29) is 5.41 Å². The lowest BCUT2D eigenvalue weighted by Crippen LogP contribution is -2.27. The molecule has 0 aliphatic carbocycles. The largest absolute Gasteiger partial charge is 0.302 e. The molecule has 0 saturated heterocycles. The lowest BCUT2D eigenvalue weighted by atomic mass is 9.90. The maximum atomic E-state index is 8.86. The quantitative estimate of drug-likeness (QED) is 0.494. The number of hydrogen-bond donors (Lipinski definition) is 2. The number of hydrogen-bond acceptors (Lipinski definition) is 4. The van der Waals surface area contributed by atoms with Crippen LogP contribution in [-0.4, -0.2) is 32.6 Å². The summed E-state index contributed by atoms with van der Waals surface area (Å²) in [6.07, 6.45) is 8.17. The average molecular weight is 371 g/mol. The summed E-state index contributed by atoms with van der Waals surface area (Å²) in [5, 5.41) is 8.86. The van der Waals surface area contributed by atoms with Crippen molar-refractivity contribution in [2.24, 2.45) is 0 Å². The van der Waals surface area contributed by atoms with Crippen molar-refractivity contribution < 1.29 is 5.21 Å². The van der Waals surface area contributed by atoms with Gasteiger partial charge in [0.2, 0.25) is 0 Å². The standard InChI is InChI=1S/C22H34N4O/c1-7-9-13-25(8-2)16-19-21(22(4,5)6)23-20-15-18(12-14-26(19)20)11-10-17(3)24-27/h10-12,14-15,24,27H,3,7-9,13,16H2,1-2,4-6H3/b11-10+. The van der Waals surface area contributed by atoms with Crippen LogP contribution >= 0.6 is 0 Å². The molecule has 2 rings (SSSR count). The summed E-state index contributed by atoms with van der Waals surface area (Å²) in [7, 11) is 0. The number of pyridine rings is 1. The van der Waals surface area contributed by atoms with Crippen LogP contribution in [0.1, 0.15) is 64.4 Å². The van der Waals surface area contributed by atoms with Gasteiger partial charge in [-0.05, 0) is 43.3 Å². The van der Waals surface area contributed by atoms with Gasteiger partial charge in [-0.2, -0.15) is 0 Å². The zero-order valence-electron chi connectivity index (χ0n) is 17.4. The second kappa shape index (κ2) is 9.20. The highest BCUT2D eigenvalue weighted by molar-refractivity contribution is 5.59. The number of rotatable bonds is 9. The van der Waals surface area contributed by atoms with Crippen LogP contribution < -0.4 is 5.48 Å². The molecule has 2 heterocycles. The van der Waals surface area contributed by atoms with Crippen LogP contribution in [0.5, 0.6) is 0 Å². The van der Waals surface area contributed by atoms with Crippen molar-refractivity contribution in [1.82, 2.24) is 19.8 Å². The van der Waals surface area contributed by atoms with Gasteiger partial charge in [0, 0.05) is 18.2 Å². The van der Waals surface area contributed by atoms with E-state index in [0.717, 1.165) is 36.5 Å². The monoisotopic (exact) mass is 370 g/mol. The molecular weight excluding hydrogens is 336 g/mol. The van der Waals surface area contributed by atoms with E-state index in [1.54, 1.807) is 6.08 Å². The summed E-state index contributed by atoms with van der Waals surface area (Å²) in [6.45, 7) is 17.9. The number of allylic oxidation sites excluding steroid dienone is 1. The molecule has 5 heteroatoms. The van der Waals surface area contributed by atoms with Gasteiger partial charge in [0.1, 0.15) is 5.65 Å². The van der Waals surface area contributed by atoms with E-state index < -0.39 is 0 Å². The van der Waals surface area contributed by atoms with Gasteiger partial charge in [0.25, 0.3) is 0 Å². The van der Waals surface area contributed by atoms with Gasteiger partial charge < -0.3 is 4.40 Å². The number of unbranched alkanes of at least 4 members (excludes halogenated alkanes) is 1. The van der Waals surface area contributed by atoms with Crippen molar-refractivity contribution in [3.05, 3.63) is 53.6 Å². The average Bonchev–Trinajstić information content (AvgIpc) is 3.01. The first kappa shape index (κ1) is 21.2. The van der Waals surface area contributed by atoms with Crippen LogP contribution in [0.3, 0.4) is 0 Å². The number of fused-ring (bicyclic) bond motifs is 1. The lowest BCUT2D eigenvalue weighted by molar-refractivity contribution is 0.205. The fraction of sp³-hybridized carbons (Fsp3) is 0.500. The number of aromatic nitrogens is 2. The Labute approximate surface area is 163 Å². The third kappa shape index (κ3) is 5.44. The molecule has 0 atom stereocenters. The molecule has 5 nitrogen and oxygen atoms in total. The van der Waals surface area contributed by atoms with Crippen molar-refractivity contribution in [2.75, 3.05) is 13.1 Å². The Morgan fingerprint density at radius 3 is 2.70 bits per heavy atom. The highest BCUT2D eigenvalue weighted by Gasteiger charge is 2.24. The van der Waals surface area contributed by atoms with Crippen LogP contribution in [0.25, 0.3) is 11.7 Å². The maximum absolute atomic E-state index is 8.86. The Hall–Kier alpha value is -2.11. The lowest BCUT2D eigenvalue weighted by Gasteiger charge is -2.23. The summed E-state index contributed by atoms with van der Waals surface area (Å²) in [4.78, 5) is 7.47. The Morgan fingerprint density at radius 1 is 1.37 bits per heavy atom. The van der Waals surface area contributed by atoms with Crippen LogP contribution in [0.15, 0.2) is 36.7 Å². The van der Waals surface area contributed by atoms with Gasteiger partial charge in [-0.3, -0.25) is 15.6 Å². The van der Waals surface area contributed by atoms with E-state index in [2.05, 4.69) is 68.8 Å². The molecule has 27 heavy (non-hydrogen) atoms. The van der Waals surface area contributed by atoms with Crippen molar-refractivity contribution >= 4 is 11.7 Å². The van der Waals surface area contributed by atoms with Gasteiger partial charge in [-0.25, -0.2) is 4.98 Å². The van der Waals surface area contributed by atoms with Crippen molar-refractivity contribution in [1.29, 1.82) is 0 Å². The smallest absolute Gasteiger partial charge is 0.137 e. The van der Waals surface area contributed by atoms with E-state index in [1.807, 2.05) is 11.6 Å². The van der Waals surface area contributed by atoms with Crippen molar-refractivity contribution in [2.45, 2.75) is 59.4 Å². The van der Waals surface area contributed by atoms with E-state index >= 15 is 0 Å². The van der Waals surface area contributed by atoms with Gasteiger partial charge in [0.05, 0.1) is 17.1 Å². The molecule has 2 aromatic rings. The summed E-state index contributed by atoms with van der Waals surface area (Å²) in [6, 6.07) is 4.14. The van der Waals surface area contributed by atoms with E-state index in [0.29, 0.717) is 5.70 Å². The fourth-order valence-electron chi connectivity index (χ4n) is 3.14. The zero-order valence-corrected chi connectivity index (χ0v) is 17.4. The maximum Gasteiger partial charge on any atom is 0.137 e. The Kier molecular flexibility index (Phi) is 7.22. The molecule has 0 bridgehead atoms. The molecule has 2 N–H and O–H groups in total. The number of imidazole rings is 1. The first-order valence-electron chi connectivity index (χ1n) is 9.81. The Balaban J connectivity index is 2.44. The summed E-state index contributed by atoms with van der Waals surface area (Å²) in [5.74, 6) is 0. The number of nitrogens with zero attached hydrogens (tertiary/aromatic N) is 3. The molecule has 0 radical (unpaired) electrons.